The van der Waals surface area contributed by atoms with Crippen LogP contribution in [0.1, 0.15) is 55.5 Å². The van der Waals surface area contributed by atoms with E-state index in [1.54, 1.807) is 10.7 Å². The molecule has 26 heavy (non-hydrogen) atoms. The van der Waals surface area contributed by atoms with E-state index in [0.717, 1.165) is 50.0 Å². The van der Waals surface area contributed by atoms with Gasteiger partial charge in [-0.1, -0.05) is 30.7 Å². The van der Waals surface area contributed by atoms with Gasteiger partial charge < -0.3 is 11.1 Å². The van der Waals surface area contributed by atoms with Crippen LogP contribution in [-0.2, 0) is 6.42 Å². The van der Waals surface area contributed by atoms with Crippen molar-refractivity contribution in [3.05, 3.63) is 40.9 Å². The van der Waals surface area contributed by atoms with E-state index in [9.17, 15) is 4.79 Å². The summed E-state index contributed by atoms with van der Waals surface area (Å²) in [6.07, 6.45) is 5.31. The molecule has 0 saturated heterocycles. The van der Waals surface area contributed by atoms with E-state index in [1.165, 1.54) is 0 Å². The van der Waals surface area contributed by atoms with Crippen molar-refractivity contribution in [3.63, 3.8) is 0 Å². The molecule has 1 aromatic heterocycles. The first-order valence-corrected chi connectivity index (χ1v) is 9.23. The van der Waals surface area contributed by atoms with E-state index in [2.05, 4.69) is 22.3 Å². The van der Waals surface area contributed by atoms with Gasteiger partial charge >= 0.3 is 0 Å². The number of aryl methyl sites for hydroxylation is 1. The molecule has 1 amide bonds. The molecule has 142 valence electrons. The van der Waals surface area contributed by atoms with Crippen molar-refractivity contribution in [1.29, 1.82) is 0 Å². The molecule has 0 unspecified atom stereocenters. The smallest absolute Gasteiger partial charge is 0.291 e. The fourth-order valence-electron chi connectivity index (χ4n) is 3.16. The predicted octanol–water partition coefficient (Wildman–Crippen LogP) is 3.29. The van der Waals surface area contributed by atoms with Crippen LogP contribution in [0.25, 0.3) is 5.69 Å². The number of amides is 1. The van der Waals surface area contributed by atoms with E-state index >= 15 is 0 Å². The summed E-state index contributed by atoms with van der Waals surface area (Å²) in [5.41, 5.74) is 6.66. The Hall–Kier alpha value is -1.63. The van der Waals surface area contributed by atoms with Crippen molar-refractivity contribution in [1.82, 2.24) is 20.1 Å². The third kappa shape index (κ3) is 4.75. The summed E-state index contributed by atoms with van der Waals surface area (Å²) in [4.78, 5) is 17.0. The SMILES string of the molecule is CCCc1nc(C(=O)NC2CCC(N)CC2)nn1-c1ccccc1Cl.Cl. The van der Waals surface area contributed by atoms with Crippen LogP contribution in [0.15, 0.2) is 24.3 Å². The van der Waals surface area contributed by atoms with Crippen molar-refractivity contribution in [3.8, 4) is 5.69 Å². The highest BCUT2D eigenvalue weighted by molar-refractivity contribution is 6.32. The second-order valence-corrected chi connectivity index (χ2v) is 6.96. The molecule has 6 nitrogen and oxygen atoms in total. The third-order valence-corrected chi connectivity index (χ3v) is 4.86. The van der Waals surface area contributed by atoms with Crippen molar-refractivity contribution in [2.24, 2.45) is 5.73 Å². The molecule has 8 heteroatoms. The predicted molar refractivity (Wildman–Crippen MR) is 105 cm³/mol. The lowest BCUT2D eigenvalue weighted by molar-refractivity contribution is 0.0915. The second-order valence-electron chi connectivity index (χ2n) is 6.55. The zero-order chi connectivity index (χ0) is 17.8. The zero-order valence-electron chi connectivity index (χ0n) is 14.8. The molecule has 1 aliphatic carbocycles. The number of para-hydroxylation sites is 1. The van der Waals surface area contributed by atoms with Crippen molar-refractivity contribution in [2.45, 2.75) is 57.5 Å². The van der Waals surface area contributed by atoms with Crippen LogP contribution in [0.2, 0.25) is 5.02 Å². The molecule has 1 heterocycles. The van der Waals surface area contributed by atoms with Gasteiger partial charge in [-0.15, -0.1) is 17.5 Å². The van der Waals surface area contributed by atoms with Crippen LogP contribution in [0.5, 0.6) is 0 Å². The Morgan fingerprint density at radius 3 is 2.65 bits per heavy atom. The van der Waals surface area contributed by atoms with Crippen LogP contribution in [0.4, 0.5) is 0 Å². The number of hydrogen-bond acceptors (Lipinski definition) is 4. The van der Waals surface area contributed by atoms with Crippen molar-refractivity contribution >= 4 is 29.9 Å². The molecule has 0 atom stereocenters. The minimum Gasteiger partial charge on any atom is -0.347 e. The first-order chi connectivity index (χ1) is 12.1. The molecule has 0 bridgehead atoms. The van der Waals surface area contributed by atoms with Gasteiger partial charge in [-0.3, -0.25) is 4.79 Å². The number of hydrogen-bond donors (Lipinski definition) is 2. The molecule has 3 N–H and O–H groups in total. The fourth-order valence-corrected chi connectivity index (χ4v) is 3.37. The lowest BCUT2D eigenvalue weighted by atomic mass is 9.92. The molecule has 0 aliphatic heterocycles. The highest BCUT2D eigenvalue weighted by Gasteiger charge is 2.23. The summed E-state index contributed by atoms with van der Waals surface area (Å²) >= 11 is 6.29. The van der Waals surface area contributed by atoms with Gasteiger partial charge in [-0.25, -0.2) is 9.67 Å². The Bertz CT molecular complexity index is 741. The molecule has 1 fully saturated rings. The number of carbonyl (C=O) groups is 1. The number of nitrogens with zero attached hydrogens (tertiary/aromatic N) is 3. The Kier molecular flexibility index (Phi) is 7.43. The van der Waals surface area contributed by atoms with E-state index in [-0.39, 0.29) is 36.2 Å². The number of carbonyl (C=O) groups excluding carboxylic acids is 1. The summed E-state index contributed by atoms with van der Waals surface area (Å²) in [5, 5.41) is 8.04. The van der Waals surface area contributed by atoms with Crippen molar-refractivity contribution in [2.75, 3.05) is 0 Å². The van der Waals surface area contributed by atoms with E-state index < -0.39 is 0 Å². The molecular weight excluding hydrogens is 373 g/mol. The van der Waals surface area contributed by atoms with Crippen LogP contribution >= 0.6 is 24.0 Å². The summed E-state index contributed by atoms with van der Waals surface area (Å²) in [5.74, 6) is 0.702. The van der Waals surface area contributed by atoms with Gasteiger partial charge in [-0.2, -0.15) is 0 Å². The normalized spacial score (nSPS) is 19.7. The van der Waals surface area contributed by atoms with Crippen LogP contribution in [0, 0.1) is 0 Å². The molecule has 0 radical (unpaired) electrons. The largest absolute Gasteiger partial charge is 0.347 e. The Labute approximate surface area is 164 Å². The fraction of sp³-hybridized carbons (Fsp3) is 0.500. The molecule has 1 aromatic carbocycles. The Morgan fingerprint density at radius 2 is 2.00 bits per heavy atom. The Morgan fingerprint density at radius 1 is 1.31 bits per heavy atom. The van der Waals surface area contributed by atoms with E-state index in [1.807, 2.05) is 18.2 Å². The standard InChI is InChI=1S/C18H24ClN5O.ClH/c1-2-5-16-22-17(18(25)21-13-10-8-12(20)9-11-13)23-24(16)15-7-4-3-6-14(15)19;/h3-4,6-7,12-13H,2,5,8-11,20H2,1H3,(H,21,25);1H. The first kappa shape index (κ1) is 20.7. The minimum atomic E-state index is -0.233. The topological polar surface area (TPSA) is 85.8 Å². The quantitative estimate of drug-likeness (QED) is 0.809. The monoisotopic (exact) mass is 397 g/mol. The number of benzene rings is 1. The maximum atomic E-state index is 12.6. The number of nitrogens with one attached hydrogen (secondary N) is 1. The number of nitrogens with two attached hydrogens (primary N) is 1. The summed E-state index contributed by atoms with van der Waals surface area (Å²) < 4.78 is 1.68. The summed E-state index contributed by atoms with van der Waals surface area (Å²) in [7, 11) is 0. The van der Waals surface area contributed by atoms with Gasteiger partial charge in [-0.05, 0) is 44.2 Å². The molecule has 1 aliphatic rings. The van der Waals surface area contributed by atoms with Gasteiger partial charge in [0.25, 0.3) is 5.91 Å². The summed E-state index contributed by atoms with van der Waals surface area (Å²) in [6.45, 7) is 2.07. The Balaban J connectivity index is 0.00000243. The maximum Gasteiger partial charge on any atom is 0.291 e. The van der Waals surface area contributed by atoms with Gasteiger partial charge in [0, 0.05) is 18.5 Å². The van der Waals surface area contributed by atoms with Crippen molar-refractivity contribution < 1.29 is 4.79 Å². The third-order valence-electron chi connectivity index (χ3n) is 4.54. The average molecular weight is 398 g/mol. The highest BCUT2D eigenvalue weighted by atomic mass is 35.5. The number of aromatic nitrogens is 3. The molecule has 3 rings (SSSR count). The van der Waals surface area contributed by atoms with Crippen LogP contribution in [-0.4, -0.2) is 32.8 Å². The lowest BCUT2D eigenvalue weighted by Crippen LogP contribution is -2.40. The van der Waals surface area contributed by atoms with Gasteiger partial charge in [0.05, 0.1) is 10.7 Å². The molecular formula is C18H25Cl2N5O. The van der Waals surface area contributed by atoms with Gasteiger partial charge in [0.15, 0.2) is 0 Å². The first-order valence-electron chi connectivity index (χ1n) is 8.85. The van der Waals surface area contributed by atoms with Crippen LogP contribution < -0.4 is 11.1 Å². The van der Waals surface area contributed by atoms with E-state index in [4.69, 9.17) is 17.3 Å². The zero-order valence-corrected chi connectivity index (χ0v) is 16.4. The number of halogens is 2. The molecule has 2 aromatic rings. The van der Waals surface area contributed by atoms with E-state index in [0.29, 0.717) is 5.02 Å². The number of rotatable bonds is 5. The average Bonchev–Trinajstić information content (AvgIpc) is 3.02. The molecule has 0 spiro atoms. The van der Waals surface area contributed by atoms with Gasteiger partial charge in [0.2, 0.25) is 5.82 Å². The second kappa shape index (κ2) is 9.35. The minimum absolute atomic E-state index is 0. The summed E-state index contributed by atoms with van der Waals surface area (Å²) in [6, 6.07) is 7.84. The lowest BCUT2D eigenvalue weighted by Gasteiger charge is -2.26. The maximum absolute atomic E-state index is 12.6. The van der Waals surface area contributed by atoms with Gasteiger partial charge in [0.1, 0.15) is 5.82 Å². The highest BCUT2D eigenvalue weighted by Crippen LogP contribution is 2.21. The van der Waals surface area contributed by atoms with Crippen LogP contribution in [0.3, 0.4) is 0 Å². The molecule has 1 saturated carbocycles.